The number of ether oxygens (including phenoxy) is 1. The summed E-state index contributed by atoms with van der Waals surface area (Å²) in [6, 6.07) is 6.27. The second-order valence-corrected chi connectivity index (χ2v) is 4.61. The molecule has 1 aromatic carbocycles. The van der Waals surface area contributed by atoms with Gasteiger partial charge in [0.05, 0.1) is 0 Å². The minimum Gasteiger partial charge on any atom is -0.456 e. The number of amides is 1. The molecule has 0 saturated heterocycles. The normalized spacial score (nSPS) is 10.2. The van der Waals surface area contributed by atoms with Gasteiger partial charge in [-0.15, -0.1) is 0 Å². The fraction of sp³-hybridized carbons (Fsp3) is 0.467. The molecule has 0 fully saturated rings. The molecule has 1 aromatic rings. The summed E-state index contributed by atoms with van der Waals surface area (Å²) >= 11 is 0. The van der Waals surface area contributed by atoms with E-state index in [2.05, 4.69) is 0 Å². The number of benzene rings is 1. The van der Waals surface area contributed by atoms with E-state index in [9.17, 15) is 14.0 Å². The molecule has 0 bridgehead atoms. The molecule has 0 atom stereocenters. The average Bonchev–Trinajstić information content (AvgIpc) is 2.44. The Hall–Kier alpha value is -1.91. The lowest BCUT2D eigenvalue weighted by atomic mass is 10.2. The number of carbonyl (C=O) groups is 2. The first-order valence-corrected chi connectivity index (χ1v) is 6.67. The van der Waals surface area contributed by atoms with Crippen LogP contribution in [0.1, 0.15) is 31.7 Å². The van der Waals surface area contributed by atoms with Gasteiger partial charge in [-0.1, -0.05) is 31.5 Å². The number of unbranched alkanes of at least 4 members (excludes halogenated alkanes) is 1. The standard InChI is InChI=1S/C15H20FNO3/c1-3-4-9-15(19)20-11-14(18)17(2)10-12-7-5-6-8-13(12)16/h5-8H,3-4,9-11H2,1-2H3. The summed E-state index contributed by atoms with van der Waals surface area (Å²) in [7, 11) is 1.55. The number of likely N-dealkylation sites (N-methyl/N-ethyl adjacent to an activating group) is 1. The summed E-state index contributed by atoms with van der Waals surface area (Å²) in [6.07, 6.45) is 1.97. The van der Waals surface area contributed by atoms with Gasteiger partial charge >= 0.3 is 5.97 Å². The first-order chi connectivity index (χ1) is 9.54. The largest absolute Gasteiger partial charge is 0.456 e. The molecule has 20 heavy (non-hydrogen) atoms. The molecular weight excluding hydrogens is 261 g/mol. The molecule has 0 N–H and O–H groups in total. The molecule has 5 heteroatoms. The van der Waals surface area contributed by atoms with E-state index in [0.29, 0.717) is 12.0 Å². The molecule has 0 aliphatic heterocycles. The van der Waals surface area contributed by atoms with Crippen molar-refractivity contribution in [2.75, 3.05) is 13.7 Å². The zero-order valence-electron chi connectivity index (χ0n) is 11.9. The van der Waals surface area contributed by atoms with Crippen LogP contribution in [-0.2, 0) is 20.9 Å². The summed E-state index contributed by atoms with van der Waals surface area (Å²) in [6.45, 7) is 1.83. The van der Waals surface area contributed by atoms with Crippen LogP contribution in [-0.4, -0.2) is 30.4 Å². The van der Waals surface area contributed by atoms with E-state index in [0.717, 1.165) is 12.8 Å². The predicted molar refractivity (Wildman–Crippen MR) is 73.4 cm³/mol. The lowest BCUT2D eigenvalue weighted by Crippen LogP contribution is -2.31. The van der Waals surface area contributed by atoms with Crippen molar-refractivity contribution in [3.8, 4) is 0 Å². The van der Waals surface area contributed by atoms with Gasteiger partial charge in [-0.05, 0) is 12.5 Å². The number of hydrogen-bond acceptors (Lipinski definition) is 3. The lowest BCUT2D eigenvalue weighted by Gasteiger charge is -2.17. The Morgan fingerprint density at radius 2 is 2.00 bits per heavy atom. The van der Waals surface area contributed by atoms with Gasteiger partial charge in [0.1, 0.15) is 5.82 Å². The lowest BCUT2D eigenvalue weighted by molar-refractivity contribution is -0.151. The van der Waals surface area contributed by atoms with E-state index in [1.165, 1.54) is 11.0 Å². The number of hydrogen-bond donors (Lipinski definition) is 0. The highest BCUT2D eigenvalue weighted by Gasteiger charge is 2.13. The van der Waals surface area contributed by atoms with Gasteiger partial charge in [0, 0.05) is 25.6 Å². The second-order valence-electron chi connectivity index (χ2n) is 4.61. The van der Waals surface area contributed by atoms with Crippen molar-refractivity contribution in [3.63, 3.8) is 0 Å². The second kappa shape index (κ2) is 8.30. The number of nitrogens with zero attached hydrogens (tertiary/aromatic N) is 1. The minimum absolute atomic E-state index is 0.151. The van der Waals surface area contributed by atoms with E-state index in [-0.39, 0.29) is 30.8 Å². The molecule has 4 nitrogen and oxygen atoms in total. The predicted octanol–water partition coefficient (Wildman–Crippen LogP) is 2.52. The van der Waals surface area contributed by atoms with Crippen molar-refractivity contribution in [2.45, 2.75) is 32.7 Å². The first-order valence-electron chi connectivity index (χ1n) is 6.67. The molecule has 110 valence electrons. The zero-order valence-corrected chi connectivity index (χ0v) is 11.9. The van der Waals surface area contributed by atoms with Crippen molar-refractivity contribution in [3.05, 3.63) is 35.6 Å². The fourth-order valence-corrected chi connectivity index (χ4v) is 1.62. The van der Waals surface area contributed by atoms with E-state index in [1.54, 1.807) is 25.2 Å². The Morgan fingerprint density at radius 1 is 1.30 bits per heavy atom. The topological polar surface area (TPSA) is 46.6 Å². The maximum Gasteiger partial charge on any atom is 0.306 e. The quantitative estimate of drug-likeness (QED) is 0.721. The van der Waals surface area contributed by atoms with Gasteiger partial charge in [0.2, 0.25) is 0 Å². The molecule has 0 radical (unpaired) electrons. The summed E-state index contributed by atoms with van der Waals surface area (Å²) < 4.78 is 18.3. The van der Waals surface area contributed by atoms with Gasteiger partial charge in [0.25, 0.3) is 5.91 Å². The molecule has 1 rings (SSSR count). The SMILES string of the molecule is CCCCC(=O)OCC(=O)N(C)Cc1ccccc1F. The average molecular weight is 281 g/mol. The highest BCUT2D eigenvalue weighted by Crippen LogP contribution is 2.09. The molecular formula is C15H20FNO3. The molecule has 0 unspecified atom stereocenters. The Balaban J connectivity index is 2.40. The smallest absolute Gasteiger partial charge is 0.306 e. The van der Waals surface area contributed by atoms with Crippen LogP contribution in [0.15, 0.2) is 24.3 Å². The van der Waals surface area contributed by atoms with E-state index < -0.39 is 0 Å². The highest BCUT2D eigenvalue weighted by molar-refractivity contribution is 5.80. The van der Waals surface area contributed by atoms with Crippen LogP contribution >= 0.6 is 0 Å². The summed E-state index contributed by atoms with van der Waals surface area (Å²) in [4.78, 5) is 24.4. The molecule has 0 spiro atoms. The van der Waals surface area contributed by atoms with E-state index in [1.807, 2.05) is 6.92 Å². The monoisotopic (exact) mass is 281 g/mol. The molecule has 1 amide bonds. The van der Waals surface area contributed by atoms with E-state index >= 15 is 0 Å². The van der Waals surface area contributed by atoms with Crippen LogP contribution in [0.3, 0.4) is 0 Å². The van der Waals surface area contributed by atoms with Gasteiger partial charge in [-0.2, -0.15) is 0 Å². The summed E-state index contributed by atoms with van der Waals surface area (Å²) in [5.74, 6) is -1.08. The van der Waals surface area contributed by atoms with Crippen molar-refractivity contribution >= 4 is 11.9 Å². The maximum absolute atomic E-state index is 13.4. The number of esters is 1. The summed E-state index contributed by atoms with van der Waals surface area (Å²) in [5.41, 5.74) is 0.431. The van der Waals surface area contributed by atoms with Crippen LogP contribution in [0.4, 0.5) is 4.39 Å². The van der Waals surface area contributed by atoms with Crippen LogP contribution in [0.25, 0.3) is 0 Å². The van der Waals surface area contributed by atoms with Crippen LogP contribution in [0.5, 0.6) is 0 Å². The van der Waals surface area contributed by atoms with Gasteiger partial charge in [-0.3, -0.25) is 9.59 Å². The molecule has 0 heterocycles. The summed E-state index contributed by atoms with van der Waals surface area (Å²) in [5, 5.41) is 0. The Labute approximate surface area is 118 Å². The van der Waals surface area contributed by atoms with Crippen LogP contribution in [0, 0.1) is 5.82 Å². The van der Waals surface area contributed by atoms with Gasteiger partial charge in [0.15, 0.2) is 6.61 Å². The number of carbonyl (C=O) groups excluding carboxylic acids is 2. The van der Waals surface area contributed by atoms with Crippen molar-refractivity contribution < 1.29 is 18.7 Å². The minimum atomic E-state index is -0.375. The highest BCUT2D eigenvalue weighted by atomic mass is 19.1. The first kappa shape index (κ1) is 16.1. The van der Waals surface area contributed by atoms with Gasteiger partial charge in [-0.25, -0.2) is 4.39 Å². The number of halogens is 1. The third kappa shape index (κ3) is 5.38. The van der Waals surface area contributed by atoms with Crippen LogP contribution in [0.2, 0.25) is 0 Å². The van der Waals surface area contributed by atoms with Crippen molar-refractivity contribution in [1.29, 1.82) is 0 Å². The van der Waals surface area contributed by atoms with E-state index in [4.69, 9.17) is 4.74 Å². The molecule has 0 aliphatic rings. The maximum atomic E-state index is 13.4. The van der Waals surface area contributed by atoms with Gasteiger partial charge < -0.3 is 9.64 Å². The van der Waals surface area contributed by atoms with Crippen molar-refractivity contribution in [1.82, 2.24) is 4.90 Å². The fourth-order valence-electron chi connectivity index (χ4n) is 1.62. The van der Waals surface area contributed by atoms with Crippen molar-refractivity contribution in [2.24, 2.45) is 0 Å². The molecule has 0 aliphatic carbocycles. The Bertz CT molecular complexity index is 462. The number of rotatable bonds is 7. The van der Waals surface area contributed by atoms with Crippen LogP contribution < -0.4 is 0 Å². The third-order valence-electron chi connectivity index (χ3n) is 2.88. The molecule has 0 aromatic heterocycles. The Kier molecular flexibility index (Phi) is 6.70. The third-order valence-corrected chi connectivity index (χ3v) is 2.88. The molecule has 0 saturated carbocycles. The Morgan fingerprint density at radius 3 is 2.65 bits per heavy atom. The zero-order chi connectivity index (χ0) is 15.0.